The average Bonchev–Trinajstić information content (AvgIpc) is 3.27. The summed E-state index contributed by atoms with van der Waals surface area (Å²) in [5.74, 6) is 0. The lowest BCUT2D eigenvalue weighted by molar-refractivity contribution is -0.0366. The Morgan fingerprint density at radius 3 is 2.45 bits per heavy atom. The first-order valence-corrected chi connectivity index (χ1v) is 11.7. The standard InChI is InChI=1S/C21H27BBrClN2O3/c1-19(2)20(3,4)29-22(28-19)21(8-9-21)17-14(23)11-15-13(18(17)24)12-25-26(15)16-7-5-6-10-27-16/h11-12,16H,5-10H2,1-4H3. The van der Waals surface area contributed by atoms with Gasteiger partial charge in [-0.1, -0.05) is 27.5 Å². The van der Waals surface area contributed by atoms with Gasteiger partial charge < -0.3 is 14.0 Å². The van der Waals surface area contributed by atoms with E-state index in [0.717, 1.165) is 64.7 Å². The van der Waals surface area contributed by atoms with Gasteiger partial charge >= 0.3 is 7.12 Å². The Morgan fingerprint density at radius 2 is 1.86 bits per heavy atom. The number of aromatic nitrogens is 2. The summed E-state index contributed by atoms with van der Waals surface area (Å²) in [6.45, 7) is 9.16. The molecule has 0 N–H and O–H groups in total. The Bertz CT molecular complexity index is 950. The Hall–Kier alpha value is -0.595. The number of hydrogen-bond donors (Lipinski definition) is 0. The molecule has 0 amide bonds. The van der Waals surface area contributed by atoms with Crippen LogP contribution in [-0.4, -0.2) is 34.7 Å². The third-order valence-electron chi connectivity index (χ3n) is 7.21. The summed E-state index contributed by atoms with van der Waals surface area (Å²) in [6.07, 6.45) is 7.08. The van der Waals surface area contributed by atoms with E-state index in [9.17, 15) is 0 Å². The molecule has 5 nitrogen and oxygen atoms in total. The second-order valence-electron chi connectivity index (χ2n) is 9.63. The molecule has 156 valence electrons. The van der Waals surface area contributed by atoms with Gasteiger partial charge in [-0.05, 0) is 71.4 Å². The van der Waals surface area contributed by atoms with Crippen molar-refractivity contribution in [3.05, 3.63) is 27.3 Å². The van der Waals surface area contributed by atoms with E-state index in [1.165, 1.54) is 0 Å². The molecule has 2 saturated heterocycles. The zero-order valence-electron chi connectivity index (χ0n) is 17.4. The fourth-order valence-electron chi connectivity index (χ4n) is 4.53. The number of rotatable bonds is 3. The maximum atomic E-state index is 7.01. The quantitative estimate of drug-likeness (QED) is 0.519. The van der Waals surface area contributed by atoms with Crippen LogP contribution < -0.4 is 0 Å². The summed E-state index contributed by atoms with van der Waals surface area (Å²) in [7, 11) is -0.310. The van der Waals surface area contributed by atoms with Gasteiger partial charge in [0.2, 0.25) is 0 Å². The molecule has 3 heterocycles. The van der Waals surface area contributed by atoms with Crippen LogP contribution in [0.25, 0.3) is 10.9 Å². The zero-order valence-corrected chi connectivity index (χ0v) is 19.8. The molecule has 8 heteroatoms. The van der Waals surface area contributed by atoms with E-state index in [0.29, 0.717) is 0 Å². The van der Waals surface area contributed by atoms with Crippen molar-refractivity contribution in [2.45, 2.75) is 82.5 Å². The largest absolute Gasteiger partial charge is 0.469 e. The minimum atomic E-state index is -0.362. The van der Waals surface area contributed by atoms with Crippen LogP contribution in [0.2, 0.25) is 5.02 Å². The zero-order chi connectivity index (χ0) is 20.6. The summed E-state index contributed by atoms with van der Waals surface area (Å²) >= 11 is 10.8. The van der Waals surface area contributed by atoms with E-state index < -0.39 is 0 Å². The number of fused-ring (bicyclic) bond motifs is 1. The minimum absolute atomic E-state index is 0.0203. The first-order chi connectivity index (χ1) is 13.7. The molecular formula is C21H27BBrClN2O3. The van der Waals surface area contributed by atoms with E-state index in [-0.39, 0.29) is 29.9 Å². The lowest BCUT2D eigenvalue weighted by Gasteiger charge is -2.32. The molecule has 3 aliphatic rings. The molecular weight excluding hydrogens is 454 g/mol. The van der Waals surface area contributed by atoms with Crippen LogP contribution in [0, 0.1) is 0 Å². The van der Waals surface area contributed by atoms with Gasteiger partial charge in [0.15, 0.2) is 6.23 Å². The van der Waals surface area contributed by atoms with E-state index in [1.807, 2.05) is 10.9 Å². The molecule has 1 aromatic heterocycles. The Kier molecular flexibility index (Phi) is 4.69. The number of hydrogen-bond acceptors (Lipinski definition) is 4. The molecule has 1 saturated carbocycles. The van der Waals surface area contributed by atoms with Crippen LogP contribution >= 0.6 is 27.5 Å². The number of halogens is 2. The molecule has 2 aliphatic heterocycles. The Labute approximate surface area is 185 Å². The normalized spacial score (nSPS) is 27.5. The fraction of sp³-hybridized carbons (Fsp3) is 0.667. The highest BCUT2D eigenvalue weighted by Gasteiger charge is 2.66. The lowest BCUT2D eigenvalue weighted by Crippen LogP contribution is -2.41. The molecule has 0 bridgehead atoms. The second kappa shape index (κ2) is 6.70. The summed E-state index contributed by atoms with van der Waals surface area (Å²) in [5.41, 5.74) is 1.36. The van der Waals surface area contributed by atoms with Crippen molar-refractivity contribution < 1.29 is 14.0 Å². The number of benzene rings is 1. The van der Waals surface area contributed by atoms with E-state index in [4.69, 9.17) is 25.6 Å². The van der Waals surface area contributed by atoms with Gasteiger partial charge in [-0.3, -0.25) is 0 Å². The van der Waals surface area contributed by atoms with Crippen LogP contribution in [0.5, 0.6) is 0 Å². The monoisotopic (exact) mass is 480 g/mol. The van der Waals surface area contributed by atoms with E-state index in [1.54, 1.807) is 0 Å². The third kappa shape index (κ3) is 3.03. The number of nitrogens with zero attached hydrogens (tertiary/aromatic N) is 2. The third-order valence-corrected chi connectivity index (χ3v) is 8.23. The maximum absolute atomic E-state index is 7.01. The van der Waals surface area contributed by atoms with Crippen LogP contribution in [0.15, 0.2) is 16.7 Å². The lowest BCUT2D eigenvalue weighted by atomic mass is 9.64. The van der Waals surface area contributed by atoms with Crippen LogP contribution in [-0.2, 0) is 19.4 Å². The smallest absolute Gasteiger partial charge is 0.403 e. The predicted molar refractivity (Wildman–Crippen MR) is 118 cm³/mol. The van der Waals surface area contributed by atoms with E-state index >= 15 is 0 Å². The van der Waals surface area contributed by atoms with Crippen LogP contribution in [0.4, 0.5) is 0 Å². The van der Waals surface area contributed by atoms with Crippen molar-refractivity contribution in [2.75, 3.05) is 6.61 Å². The minimum Gasteiger partial charge on any atom is -0.403 e. The Morgan fingerprint density at radius 1 is 1.17 bits per heavy atom. The first-order valence-electron chi connectivity index (χ1n) is 10.5. The fourth-order valence-corrected chi connectivity index (χ4v) is 5.89. The molecule has 2 aromatic rings. The number of ether oxygens (including phenoxy) is 1. The average molecular weight is 482 g/mol. The van der Waals surface area contributed by atoms with Crippen molar-refractivity contribution in [1.82, 2.24) is 9.78 Å². The molecule has 3 fully saturated rings. The van der Waals surface area contributed by atoms with Crippen molar-refractivity contribution in [2.24, 2.45) is 0 Å². The molecule has 0 spiro atoms. The SMILES string of the molecule is CC1(C)OB(C2(c3c(Br)cc4c(cnn4C4CCCCO4)c3Cl)CC2)OC1(C)C. The highest BCUT2D eigenvalue weighted by Crippen LogP contribution is 2.59. The van der Waals surface area contributed by atoms with Gasteiger partial charge in [0, 0.05) is 21.8 Å². The van der Waals surface area contributed by atoms with Gasteiger partial charge in [-0.15, -0.1) is 0 Å². The van der Waals surface area contributed by atoms with Gasteiger partial charge in [0.25, 0.3) is 0 Å². The first kappa shape index (κ1) is 20.3. The van der Waals surface area contributed by atoms with Crippen molar-refractivity contribution in [3.63, 3.8) is 0 Å². The molecule has 29 heavy (non-hydrogen) atoms. The van der Waals surface area contributed by atoms with Gasteiger partial charge in [0.1, 0.15) is 0 Å². The molecule has 5 rings (SSSR count). The highest BCUT2D eigenvalue weighted by molar-refractivity contribution is 9.10. The van der Waals surface area contributed by atoms with Crippen molar-refractivity contribution in [1.29, 1.82) is 0 Å². The summed E-state index contributed by atoms with van der Waals surface area (Å²) < 4.78 is 21.8. The Balaban J connectivity index is 1.56. The molecule has 1 aromatic carbocycles. The summed E-state index contributed by atoms with van der Waals surface area (Å²) in [6, 6.07) is 2.13. The van der Waals surface area contributed by atoms with Gasteiger partial charge in [-0.25, -0.2) is 4.68 Å². The molecule has 1 unspecified atom stereocenters. The van der Waals surface area contributed by atoms with Gasteiger partial charge in [0.05, 0.1) is 27.9 Å². The maximum Gasteiger partial charge on any atom is 0.469 e. The van der Waals surface area contributed by atoms with Crippen LogP contribution in [0.3, 0.4) is 0 Å². The van der Waals surface area contributed by atoms with E-state index in [2.05, 4.69) is 54.8 Å². The molecule has 1 aliphatic carbocycles. The highest BCUT2D eigenvalue weighted by atomic mass is 79.9. The van der Waals surface area contributed by atoms with Gasteiger partial charge in [-0.2, -0.15) is 5.10 Å². The second-order valence-corrected chi connectivity index (χ2v) is 10.9. The van der Waals surface area contributed by atoms with Crippen molar-refractivity contribution >= 4 is 45.6 Å². The molecule has 1 atom stereocenters. The van der Waals surface area contributed by atoms with Crippen LogP contribution in [0.1, 0.15) is 71.6 Å². The molecule has 0 radical (unpaired) electrons. The van der Waals surface area contributed by atoms with Crippen molar-refractivity contribution in [3.8, 4) is 0 Å². The topological polar surface area (TPSA) is 45.5 Å². The predicted octanol–water partition coefficient (Wildman–Crippen LogP) is 5.81. The summed E-state index contributed by atoms with van der Waals surface area (Å²) in [4.78, 5) is 0. The summed E-state index contributed by atoms with van der Waals surface area (Å²) in [5, 5.41) is 6.11.